The van der Waals surface area contributed by atoms with Crippen molar-refractivity contribution in [2.45, 2.75) is 25.8 Å². The van der Waals surface area contributed by atoms with Crippen LogP contribution in [0.5, 0.6) is 5.75 Å². The van der Waals surface area contributed by atoms with Crippen LogP contribution in [0.4, 0.5) is 5.69 Å². The highest BCUT2D eigenvalue weighted by Gasteiger charge is 2.29. The van der Waals surface area contributed by atoms with Gasteiger partial charge in [-0.05, 0) is 25.5 Å². The van der Waals surface area contributed by atoms with Gasteiger partial charge in [0, 0.05) is 31.2 Å². The van der Waals surface area contributed by atoms with Gasteiger partial charge >= 0.3 is 0 Å². The lowest BCUT2D eigenvalue weighted by Gasteiger charge is -2.42. The van der Waals surface area contributed by atoms with Crippen molar-refractivity contribution in [1.29, 1.82) is 0 Å². The summed E-state index contributed by atoms with van der Waals surface area (Å²) in [5.74, 6) is 0.853. The van der Waals surface area contributed by atoms with Crippen molar-refractivity contribution in [3.8, 4) is 5.75 Å². The minimum atomic E-state index is 0.157. The monoisotopic (exact) mass is 268 g/mol. The van der Waals surface area contributed by atoms with Gasteiger partial charge in [0.25, 0.3) is 0 Å². The van der Waals surface area contributed by atoms with E-state index in [2.05, 4.69) is 24.1 Å². The molecule has 0 spiro atoms. The molecule has 4 heteroatoms. The summed E-state index contributed by atoms with van der Waals surface area (Å²) in [7, 11) is 1.68. The summed E-state index contributed by atoms with van der Waals surface area (Å²) in [5.41, 5.74) is 1.22. The Labute approximate surface area is 114 Å². The average molecular weight is 269 g/mol. The molecule has 1 fully saturated rings. The fraction of sp³-hybridized carbons (Fsp3) is 0.571. The molecule has 1 aliphatic rings. The molecule has 0 aliphatic carbocycles. The molecule has 0 bridgehead atoms. The molecule has 1 unspecified atom stereocenters. The van der Waals surface area contributed by atoms with Gasteiger partial charge in [0.15, 0.2) is 0 Å². The molecular weight excluding hydrogens is 248 g/mol. The van der Waals surface area contributed by atoms with Crippen LogP contribution in [0.3, 0.4) is 0 Å². The summed E-state index contributed by atoms with van der Waals surface area (Å²) in [5, 5.41) is 4.37. The lowest BCUT2D eigenvalue weighted by molar-refractivity contribution is 0.314. The number of nitrogens with one attached hydrogen (secondary N) is 1. The van der Waals surface area contributed by atoms with Crippen molar-refractivity contribution in [2.24, 2.45) is 0 Å². The first-order valence-electron chi connectivity index (χ1n) is 6.41. The number of ether oxygens (including phenoxy) is 1. The lowest BCUT2D eigenvalue weighted by Crippen LogP contribution is -2.58. The number of hydrogen-bond donors (Lipinski definition) is 1. The number of rotatable bonds is 3. The van der Waals surface area contributed by atoms with E-state index in [1.807, 2.05) is 18.2 Å². The first kappa shape index (κ1) is 13.5. The SMILES string of the molecule is CCC1(C)CN(c2cc(OC)ccc2Cl)CCN1. The maximum Gasteiger partial charge on any atom is 0.121 e. The van der Waals surface area contributed by atoms with Crippen LogP contribution in [-0.4, -0.2) is 32.3 Å². The molecule has 1 N–H and O–H groups in total. The third-order valence-electron chi connectivity index (χ3n) is 3.75. The van der Waals surface area contributed by atoms with Crippen LogP contribution in [-0.2, 0) is 0 Å². The molecule has 2 rings (SSSR count). The molecule has 100 valence electrons. The maximum absolute atomic E-state index is 6.31. The molecule has 3 nitrogen and oxygen atoms in total. The van der Waals surface area contributed by atoms with Gasteiger partial charge in [-0.1, -0.05) is 18.5 Å². The molecule has 0 amide bonds. The molecule has 1 aromatic carbocycles. The molecule has 1 heterocycles. The topological polar surface area (TPSA) is 24.5 Å². The van der Waals surface area contributed by atoms with Gasteiger partial charge in [-0.25, -0.2) is 0 Å². The highest BCUT2D eigenvalue weighted by molar-refractivity contribution is 6.33. The highest BCUT2D eigenvalue weighted by atomic mass is 35.5. The van der Waals surface area contributed by atoms with Crippen molar-refractivity contribution < 1.29 is 4.74 Å². The first-order valence-corrected chi connectivity index (χ1v) is 6.79. The zero-order valence-corrected chi connectivity index (χ0v) is 12.0. The molecule has 1 saturated heterocycles. The number of piperazine rings is 1. The molecule has 1 aromatic rings. The summed E-state index contributed by atoms with van der Waals surface area (Å²) >= 11 is 6.31. The summed E-state index contributed by atoms with van der Waals surface area (Å²) < 4.78 is 5.28. The van der Waals surface area contributed by atoms with Crippen LogP contribution in [0.1, 0.15) is 20.3 Å². The Bertz CT molecular complexity index is 424. The zero-order valence-electron chi connectivity index (χ0n) is 11.3. The van der Waals surface area contributed by atoms with Gasteiger partial charge < -0.3 is 15.0 Å². The predicted molar refractivity (Wildman–Crippen MR) is 76.9 cm³/mol. The second-order valence-corrected chi connectivity index (χ2v) is 5.49. The number of anilines is 1. The van der Waals surface area contributed by atoms with E-state index < -0.39 is 0 Å². The summed E-state index contributed by atoms with van der Waals surface area (Å²) in [6.45, 7) is 7.40. The van der Waals surface area contributed by atoms with Crippen LogP contribution >= 0.6 is 11.6 Å². The van der Waals surface area contributed by atoms with Gasteiger partial charge in [-0.2, -0.15) is 0 Å². The minimum Gasteiger partial charge on any atom is -0.497 e. The fourth-order valence-corrected chi connectivity index (χ4v) is 2.59. The van der Waals surface area contributed by atoms with Gasteiger partial charge in [-0.15, -0.1) is 0 Å². The number of nitrogens with zero attached hydrogens (tertiary/aromatic N) is 1. The second kappa shape index (κ2) is 5.37. The van der Waals surface area contributed by atoms with E-state index in [-0.39, 0.29) is 5.54 Å². The van der Waals surface area contributed by atoms with E-state index in [9.17, 15) is 0 Å². The van der Waals surface area contributed by atoms with Crippen molar-refractivity contribution in [1.82, 2.24) is 5.32 Å². The standard InChI is InChI=1S/C14H21ClN2O/c1-4-14(2)10-17(8-7-16-14)13-9-11(18-3)5-6-12(13)15/h5-6,9,16H,4,7-8,10H2,1-3H3. The van der Waals surface area contributed by atoms with Crippen molar-refractivity contribution >= 4 is 17.3 Å². The molecule has 1 aliphatic heterocycles. The van der Waals surface area contributed by atoms with Gasteiger partial charge in [0.05, 0.1) is 17.8 Å². The van der Waals surface area contributed by atoms with Crippen molar-refractivity contribution in [2.75, 3.05) is 31.6 Å². The Morgan fingerprint density at radius 3 is 2.94 bits per heavy atom. The fourth-order valence-electron chi connectivity index (χ4n) is 2.35. The third-order valence-corrected chi connectivity index (χ3v) is 4.07. The minimum absolute atomic E-state index is 0.157. The van der Waals surface area contributed by atoms with E-state index in [4.69, 9.17) is 16.3 Å². The molecule has 0 saturated carbocycles. The molecule has 0 aromatic heterocycles. The molecule has 1 atom stereocenters. The average Bonchev–Trinajstić information content (AvgIpc) is 2.39. The van der Waals surface area contributed by atoms with E-state index in [0.29, 0.717) is 0 Å². The van der Waals surface area contributed by atoms with E-state index in [1.165, 1.54) is 0 Å². The summed E-state index contributed by atoms with van der Waals surface area (Å²) in [6, 6.07) is 5.82. The van der Waals surface area contributed by atoms with Crippen molar-refractivity contribution in [3.05, 3.63) is 23.2 Å². The first-order chi connectivity index (χ1) is 8.58. The Balaban J connectivity index is 2.25. The van der Waals surface area contributed by atoms with E-state index >= 15 is 0 Å². The van der Waals surface area contributed by atoms with Crippen LogP contribution in [0.2, 0.25) is 5.02 Å². The Morgan fingerprint density at radius 1 is 1.50 bits per heavy atom. The zero-order chi connectivity index (χ0) is 13.2. The van der Waals surface area contributed by atoms with Gasteiger partial charge in [-0.3, -0.25) is 0 Å². The number of hydrogen-bond acceptors (Lipinski definition) is 3. The predicted octanol–water partition coefficient (Wildman–Crippen LogP) is 2.93. The van der Waals surface area contributed by atoms with Crippen molar-refractivity contribution in [3.63, 3.8) is 0 Å². The molecule has 0 radical (unpaired) electrons. The Kier molecular flexibility index (Phi) is 4.03. The quantitative estimate of drug-likeness (QED) is 0.912. The summed E-state index contributed by atoms with van der Waals surface area (Å²) in [6.07, 6.45) is 1.10. The third kappa shape index (κ3) is 2.73. The van der Waals surface area contributed by atoms with Crippen LogP contribution in [0.25, 0.3) is 0 Å². The number of methoxy groups -OCH3 is 1. The number of benzene rings is 1. The van der Waals surface area contributed by atoms with Gasteiger partial charge in [0.1, 0.15) is 5.75 Å². The molecular formula is C14H21ClN2O. The second-order valence-electron chi connectivity index (χ2n) is 5.08. The normalized spacial score (nSPS) is 24.1. The smallest absolute Gasteiger partial charge is 0.121 e. The van der Waals surface area contributed by atoms with Gasteiger partial charge in [0.2, 0.25) is 0 Å². The van der Waals surface area contributed by atoms with Crippen LogP contribution in [0.15, 0.2) is 18.2 Å². The van der Waals surface area contributed by atoms with Crippen LogP contribution < -0.4 is 15.0 Å². The largest absolute Gasteiger partial charge is 0.497 e. The van der Waals surface area contributed by atoms with E-state index in [0.717, 1.165) is 42.5 Å². The Morgan fingerprint density at radius 2 is 2.28 bits per heavy atom. The maximum atomic E-state index is 6.31. The summed E-state index contributed by atoms with van der Waals surface area (Å²) in [4.78, 5) is 2.34. The Hall–Kier alpha value is -0.930. The highest BCUT2D eigenvalue weighted by Crippen LogP contribution is 2.32. The van der Waals surface area contributed by atoms with Crippen LogP contribution in [0, 0.1) is 0 Å². The van der Waals surface area contributed by atoms with E-state index in [1.54, 1.807) is 7.11 Å². The molecule has 18 heavy (non-hydrogen) atoms. The number of halogens is 1. The lowest BCUT2D eigenvalue weighted by atomic mass is 9.95.